The molecule has 20 heavy (non-hydrogen) atoms. The molecule has 1 N–H and O–H groups in total. The topological polar surface area (TPSA) is 58.4 Å². The fourth-order valence-corrected chi connectivity index (χ4v) is 3.41. The maximum Gasteiger partial charge on any atom is 0.274 e. The molecule has 2 fully saturated rings. The Labute approximate surface area is 124 Å². The van der Waals surface area contributed by atoms with Crippen LogP contribution in [0, 0.1) is 22.0 Å². The second-order valence-corrected chi connectivity index (χ2v) is 5.62. The molecule has 5 nitrogen and oxygen atoms in total. The normalized spacial score (nSPS) is 26.9. The highest BCUT2D eigenvalue weighted by atomic mass is 35.5. The molecule has 3 atom stereocenters. The molecule has 0 spiro atoms. The van der Waals surface area contributed by atoms with Crippen LogP contribution in [0.3, 0.4) is 0 Å². The van der Waals surface area contributed by atoms with Gasteiger partial charge in [-0.2, -0.15) is 0 Å². The van der Waals surface area contributed by atoms with Crippen molar-refractivity contribution in [3.63, 3.8) is 0 Å². The van der Waals surface area contributed by atoms with Crippen molar-refractivity contribution in [2.45, 2.75) is 13.0 Å². The van der Waals surface area contributed by atoms with Crippen molar-refractivity contribution in [2.75, 3.05) is 26.2 Å². The Hall–Kier alpha value is -1.17. The second-order valence-electron chi connectivity index (χ2n) is 5.62. The van der Waals surface area contributed by atoms with E-state index in [0.717, 1.165) is 31.7 Å². The summed E-state index contributed by atoms with van der Waals surface area (Å²) < 4.78 is 0. The summed E-state index contributed by atoms with van der Waals surface area (Å²) in [5.41, 5.74) is 1.07. The maximum absolute atomic E-state index is 11.1. The van der Waals surface area contributed by atoms with Crippen LogP contribution in [0.4, 0.5) is 5.69 Å². The van der Waals surface area contributed by atoms with Gasteiger partial charge >= 0.3 is 0 Å². The van der Waals surface area contributed by atoms with Crippen LogP contribution < -0.4 is 5.32 Å². The minimum absolute atomic E-state index is 0. The number of hydrogen-bond acceptors (Lipinski definition) is 4. The third-order valence-electron chi connectivity index (χ3n) is 4.55. The van der Waals surface area contributed by atoms with Crippen molar-refractivity contribution in [2.24, 2.45) is 11.8 Å². The zero-order valence-electron chi connectivity index (χ0n) is 11.5. The van der Waals surface area contributed by atoms with Gasteiger partial charge in [0.25, 0.3) is 5.69 Å². The predicted molar refractivity (Wildman–Crippen MR) is 80.2 cm³/mol. The summed E-state index contributed by atoms with van der Waals surface area (Å²) in [7, 11) is 0. The number of rotatable bonds is 3. The van der Waals surface area contributed by atoms with Gasteiger partial charge < -0.3 is 5.32 Å². The maximum atomic E-state index is 11.1. The monoisotopic (exact) mass is 297 g/mol. The molecule has 2 heterocycles. The van der Waals surface area contributed by atoms with E-state index in [1.54, 1.807) is 12.1 Å². The fraction of sp³-hybridized carbons (Fsp3) is 0.571. The van der Waals surface area contributed by atoms with E-state index in [9.17, 15) is 10.1 Å². The molecule has 110 valence electrons. The summed E-state index contributed by atoms with van der Waals surface area (Å²) in [5.74, 6) is 1.43. The number of halogens is 1. The largest absolute Gasteiger partial charge is 0.316 e. The lowest BCUT2D eigenvalue weighted by Crippen LogP contribution is -2.28. The van der Waals surface area contributed by atoms with Crippen LogP contribution in [0.15, 0.2) is 24.3 Å². The Morgan fingerprint density at radius 3 is 2.50 bits per heavy atom. The van der Waals surface area contributed by atoms with Crippen molar-refractivity contribution in [3.8, 4) is 0 Å². The highest BCUT2D eigenvalue weighted by Gasteiger charge is 2.38. The lowest BCUT2D eigenvalue weighted by Gasteiger charge is -2.25. The predicted octanol–water partition coefficient (Wildman–Crippen LogP) is 2.23. The number of benzene rings is 1. The SMILES string of the molecule is CC(c1ccccc1[N+](=O)[O-])N1C[C@H]2CNC[C@H]2C1.Cl. The molecule has 1 aromatic carbocycles. The highest BCUT2D eigenvalue weighted by molar-refractivity contribution is 5.85. The lowest BCUT2D eigenvalue weighted by molar-refractivity contribution is -0.386. The van der Waals surface area contributed by atoms with E-state index in [1.807, 2.05) is 12.1 Å². The van der Waals surface area contributed by atoms with Crippen LogP contribution in [-0.4, -0.2) is 36.0 Å². The van der Waals surface area contributed by atoms with Gasteiger partial charge in [-0.05, 0) is 31.8 Å². The molecular weight excluding hydrogens is 278 g/mol. The Balaban J connectivity index is 0.00000147. The third kappa shape index (κ3) is 2.66. The van der Waals surface area contributed by atoms with Crippen molar-refractivity contribution in [1.29, 1.82) is 0 Å². The number of nitrogens with one attached hydrogen (secondary N) is 1. The Morgan fingerprint density at radius 1 is 1.30 bits per heavy atom. The molecule has 0 aromatic heterocycles. The van der Waals surface area contributed by atoms with Crippen LogP contribution in [0.5, 0.6) is 0 Å². The molecule has 1 aromatic rings. The van der Waals surface area contributed by atoms with Gasteiger partial charge in [0, 0.05) is 30.8 Å². The molecular formula is C14H20ClN3O2. The first-order chi connectivity index (χ1) is 9.16. The summed E-state index contributed by atoms with van der Waals surface area (Å²) >= 11 is 0. The fourth-order valence-electron chi connectivity index (χ4n) is 3.41. The van der Waals surface area contributed by atoms with Crippen LogP contribution >= 0.6 is 12.4 Å². The molecule has 1 unspecified atom stereocenters. The molecule has 2 aliphatic rings. The number of para-hydroxylation sites is 1. The Morgan fingerprint density at radius 2 is 1.90 bits per heavy atom. The van der Waals surface area contributed by atoms with Crippen molar-refractivity contribution in [3.05, 3.63) is 39.9 Å². The van der Waals surface area contributed by atoms with Gasteiger partial charge in [-0.25, -0.2) is 0 Å². The molecule has 6 heteroatoms. The van der Waals surface area contributed by atoms with Crippen LogP contribution in [0.1, 0.15) is 18.5 Å². The summed E-state index contributed by atoms with van der Waals surface area (Å²) in [4.78, 5) is 13.2. The molecule has 3 rings (SSSR count). The lowest BCUT2D eigenvalue weighted by atomic mass is 10.0. The molecule has 0 aliphatic carbocycles. The minimum atomic E-state index is -0.274. The summed E-state index contributed by atoms with van der Waals surface area (Å²) in [5, 5.41) is 14.5. The van der Waals surface area contributed by atoms with E-state index >= 15 is 0 Å². The van der Waals surface area contributed by atoms with Crippen molar-refractivity contribution >= 4 is 18.1 Å². The summed E-state index contributed by atoms with van der Waals surface area (Å²) in [6.45, 7) is 6.35. The average Bonchev–Trinajstić information content (AvgIpc) is 2.98. The molecule has 2 aliphatic heterocycles. The number of nitrogens with zero attached hydrogens (tertiary/aromatic N) is 2. The summed E-state index contributed by atoms with van der Waals surface area (Å²) in [6, 6.07) is 7.22. The zero-order valence-corrected chi connectivity index (χ0v) is 12.3. The van der Waals surface area contributed by atoms with E-state index in [4.69, 9.17) is 0 Å². The molecule has 0 radical (unpaired) electrons. The van der Waals surface area contributed by atoms with Gasteiger partial charge in [-0.15, -0.1) is 12.4 Å². The Bertz CT molecular complexity index is 485. The number of nitro groups is 1. The summed E-state index contributed by atoms with van der Waals surface area (Å²) in [6.07, 6.45) is 0. The van der Waals surface area contributed by atoms with Gasteiger partial charge in [-0.3, -0.25) is 15.0 Å². The van der Waals surface area contributed by atoms with Gasteiger partial charge in [-0.1, -0.05) is 18.2 Å². The number of nitro benzene ring substituents is 1. The quantitative estimate of drug-likeness (QED) is 0.686. The molecule has 0 bridgehead atoms. The van der Waals surface area contributed by atoms with Gasteiger partial charge in [0.2, 0.25) is 0 Å². The number of likely N-dealkylation sites (tertiary alicyclic amines) is 1. The van der Waals surface area contributed by atoms with E-state index in [1.165, 1.54) is 0 Å². The minimum Gasteiger partial charge on any atom is -0.316 e. The van der Waals surface area contributed by atoms with Gasteiger partial charge in [0.15, 0.2) is 0 Å². The third-order valence-corrected chi connectivity index (χ3v) is 4.55. The smallest absolute Gasteiger partial charge is 0.274 e. The van der Waals surface area contributed by atoms with E-state index in [2.05, 4.69) is 17.1 Å². The van der Waals surface area contributed by atoms with E-state index in [0.29, 0.717) is 11.8 Å². The first-order valence-electron chi connectivity index (χ1n) is 6.85. The Kier molecular flexibility index (Phi) is 4.62. The first kappa shape index (κ1) is 15.2. The molecule has 0 amide bonds. The molecule has 0 saturated carbocycles. The van der Waals surface area contributed by atoms with Crippen molar-refractivity contribution < 1.29 is 4.92 Å². The zero-order chi connectivity index (χ0) is 13.4. The second kappa shape index (κ2) is 6.08. The van der Waals surface area contributed by atoms with E-state index < -0.39 is 0 Å². The highest BCUT2D eigenvalue weighted by Crippen LogP contribution is 2.35. The van der Waals surface area contributed by atoms with Crippen LogP contribution in [-0.2, 0) is 0 Å². The first-order valence-corrected chi connectivity index (χ1v) is 6.85. The van der Waals surface area contributed by atoms with Crippen LogP contribution in [0.2, 0.25) is 0 Å². The number of fused-ring (bicyclic) bond motifs is 1. The van der Waals surface area contributed by atoms with Crippen molar-refractivity contribution in [1.82, 2.24) is 10.2 Å². The van der Waals surface area contributed by atoms with Gasteiger partial charge in [0.05, 0.1) is 4.92 Å². The molecule has 2 saturated heterocycles. The van der Waals surface area contributed by atoms with E-state index in [-0.39, 0.29) is 29.1 Å². The standard InChI is InChI=1S/C14H19N3O2.ClH/c1-10(13-4-2-3-5-14(13)17(18)19)16-8-11-6-15-7-12(11)9-16;/h2-5,10-12,15H,6-9H2,1H3;1H/t10?,11-,12+;. The number of hydrogen-bond donors (Lipinski definition) is 1. The van der Waals surface area contributed by atoms with Crippen LogP contribution in [0.25, 0.3) is 0 Å². The average molecular weight is 298 g/mol. The van der Waals surface area contributed by atoms with Gasteiger partial charge in [0.1, 0.15) is 0 Å².